The molecule has 0 spiro atoms. The van der Waals surface area contributed by atoms with E-state index in [1.807, 2.05) is 64.1 Å². The van der Waals surface area contributed by atoms with Gasteiger partial charge >= 0.3 is 6.09 Å². The van der Waals surface area contributed by atoms with Gasteiger partial charge in [-0.05, 0) is 56.5 Å². The van der Waals surface area contributed by atoms with Crippen LogP contribution >= 0.6 is 0 Å². The smallest absolute Gasteiger partial charge is 0.407 e. The van der Waals surface area contributed by atoms with Crippen LogP contribution in [0.5, 0.6) is 5.75 Å². The number of hydrazine groups is 1. The summed E-state index contributed by atoms with van der Waals surface area (Å²) in [5.74, 6) is 7.96. The fourth-order valence-electron chi connectivity index (χ4n) is 2.94. The molecular formula is C24H36N6O3. The third-order valence-corrected chi connectivity index (χ3v) is 4.66. The Balaban J connectivity index is 1.86. The van der Waals surface area contributed by atoms with Crippen molar-refractivity contribution in [1.29, 1.82) is 0 Å². The maximum Gasteiger partial charge on any atom is 0.407 e. The fraction of sp³-hybridized carbons (Fsp3) is 0.417. The summed E-state index contributed by atoms with van der Waals surface area (Å²) in [5, 5.41) is 7.63. The predicted octanol–water partition coefficient (Wildman–Crippen LogP) is 3.30. The molecule has 0 fully saturated rings. The Morgan fingerprint density at radius 1 is 1.18 bits per heavy atom. The highest BCUT2D eigenvalue weighted by Crippen LogP contribution is 2.20. The summed E-state index contributed by atoms with van der Waals surface area (Å²) in [7, 11) is 1.63. The lowest BCUT2D eigenvalue weighted by Gasteiger charge is -2.22. The van der Waals surface area contributed by atoms with E-state index in [4.69, 9.17) is 21.1 Å². The number of carbonyl (C=O) groups is 1. The number of amides is 1. The highest BCUT2D eigenvalue weighted by Gasteiger charge is 2.16. The number of carbonyl (C=O) groups excluding carboxylic acids is 1. The van der Waals surface area contributed by atoms with Gasteiger partial charge in [0.25, 0.3) is 0 Å². The van der Waals surface area contributed by atoms with Crippen LogP contribution in [0, 0.1) is 5.92 Å². The number of anilines is 1. The minimum atomic E-state index is -0.512. The van der Waals surface area contributed by atoms with Gasteiger partial charge in [0, 0.05) is 31.0 Å². The Morgan fingerprint density at radius 3 is 2.42 bits per heavy atom. The molecule has 0 aliphatic heterocycles. The summed E-state index contributed by atoms with van der Waals surface area (Å²) in [5.41, 5.74) is 7.83. The molecule has 2 aromatic rings. The number of alkyl carbamates (subject to hydrolysis) is 1. The number of rotatable bonds is 10. The van der Waals surface area contributed by atoms with E-state index in [1.54, 1.807) is 18.3 Å². The number of aromatic nitrogens is 1. The summed E-state index contributed by atoms with van der Waals surface area (Å²) in [6.07, 6.45) is 2.77. The Kier molecular flexibility index (Phi) is 9.35. The average Bonchev–Trinajstić information content (AvgIpc) is 2.77. The van der Waals surface area contributed by atoms with E-state index < -0.39 is 11.7 Å². The molecule has 1 amide bonds. The Morgan fingerprint density at radius 2 is 1.88 bits per heavy atom. The molecule has 1 aromatic heterocycles. The van der Waals surface area contributed by atoms with Crippen LogP contribution in [0.15, 0.2) is 48.8 Å². The molecule has 1 heterocycles. The van der Waals surface area contributed by atoms with Crippen LogP contribution in [0.3, 0.4) is 0 Å². The Hall–Kier alpha value is -3.46. The quantitative estimate of drug-likeness (QED) is 0.317. The van der Waals surface area contributed by atoms with Crippen molar-refractivity contribution in [3.05, 3.63) is 59.9 Å². The van der Waals surface area contributed by atoms with Crippen molar-refractivity contribution >= 4 is 17.6 Å². The van der Waals surface area contributed by atoms with E-state index in [2.05, 4.69) is 15.6 Å². The van der Waals surface area contributed by atoms with Crippen LogP contribution in [0.25, 0.3) is 5.70 Å². The van der Waals surface area contributed by atoms with E-state index >= 15 is 0 Å². The molecule has 2 rings (SSSR count). The molecule has 0 saturated carbocycles. The van der Waals surface area contributed by atoms with Gasteiger partial charge in [0.05, 0.1) is 19.4 Å². The first-order valence-electron chi connectivity index (χ1n) is 10.9. The minimum absolute atomic E-state index is 0.183. The second-order valence-electron chi connectivity index (χ2n) is 8.83. The van der Waals surface area contributed by atoms with Gasteiger partial charge in [0.2, 0.25) is 0 Å². The van der Waals surface area contributed by atoms with Crippen LogP contribution in [-0.2, 0) is 11.3 Å². The van der Waals surface area contributed by atoms with Crippen LogP contribution < -0.4 is 26.9 Å². The summed E-state index contributed by atoms with van der Waals surface area (Å²) < 4.78 is 10.4. The topological polar surface area (TPSA) is 128 Å². The maximum atomic E-state index is 11.8. The minimum Gasteiger partial charge on any atom is -0.497 e. The summed E-state index contributed by atoms with van der Waals surface area (Å²) in [6, 6.07) is 11.5. The number of ether oxygens (including phenoxy) is 2. The number of benzene rings is 1. The average molecular weight is 457 g/mol. The van der Waals surface area contributed by atoms with Gasteiger partial charge in [-0.15, -0.1) is 0 Å². The van der Waals surface area contributed by atoms with Gasteiger partial charge in [-0.25, -0.2) is 15.6 Å². The van der Waals surface area contributed by atoms with E-state index in [0.29, 0.717) is 25.3 Å². The van der Waals surface area contributed by atoms with Gasteiger partial charge in [-0.2, -0.15) is 0 Å². The molecule has 0 saturated heterocycles. The van der Waals surface area contributed by atoms with E-state index in [1.165, 1.54) is 6.20 Å². The Bertz CT molecular complexity index is 907. The van der Waals surface area contributed by atoms with Crippen molar-refractivity contribution in [3.8, 4) is 5.75 Å². The molecule has 9 nitrogen and oxygen atoms in total. The van der Waals surface area contributed by atoms with Crippen molar-refractivity contribution in [2.24, 2.45) is 17.5 Å². The zero-order chi connectivity index (χ0) is 24.4. The number of nitrogens with two attached hydrogens (primary N) is 2. The van der Waals surface area contributed by atoms with Crippen LogP contribution in [0.1, 0.15) is 38.8 Å². The van der Waals surface area contributed by atoms with Crippen LogP contribution in [0.4, 0.5) is 10.6 Å². The normalized spacial score (nSPS) is 12.6. The maximum absolute atomic E-state index is 11.8. The second kappa shape index (κ2) is 12.0. The van der Waals surface area contributed by atoms with Gasteiger partial charge in [0.1, 0.15) is 17.2 Å². The zero-order valence-corrected chi connectivity index (χ0v) is 20.1. The third-order valence-electron chi connectivity index (χ3n) is 4.66. The Labute approximate surface area is 196 Å². The summed E-state index contributed by atoms with van der Waals surface area (Å²) >= 11 is 0. The van der Waals surface area contributed by atoms with Gasteiger partial charge in [0.15, 0.2) is 0 Å². The van der Waals surface area contributed by atoms with Crippen molar-refractivity contribution in [2.45, 2.75) is 39.8 Å². The molecule has 9 heteroatoms. The van der Waals surface area contributed by atoms with E-state index in [9.17, 15) is 4.79 Å². The number of pyridine rings is 1. The van der Waals surface area contributed by atoms with Crippen molar-refractivity contribution in [1.82, 2.24) is 15.3 Å². The van der Waals surface area contributed by atoms with Crippen molar-refractivity contribution < 1.29 is 14.3 Å². The lowest BCUT2D eigenvalue weighted by Crippen LogP contribution is -2.36. The highest BCUT2D eigenvalue weighted by atomic mass is 16.6. The number of hydrogen-bond acceptors (Lipinski definition) is 8. The first-order chi connectivity index (χ1) is 15.6. The molecular weight excluding hydrogens is 420 g/mol. The number of hydrogen-bond donors (Lipinski definition) is 4. The number of nitrogens with one attached hydrogen (secondary N) is 2. The van der Waals surface area contributed by atoms with Gasteiger partial charge in [-0.1, -0.05) is 19.1 Å². The zero-order valence-electron chi connectivity index (χ0n) is 20.1. The van der Waals surface area contributed by atoms with Crippen molar-refractivity contribution in [3.63, 3.8) is 0 Å². The van der Waals surface area contributed by atoms with E-state index in [0.717, 1.165) is 22.7 Å². The SMILES string of the molecule is COc1ccc(CN(N)/C(=C\N)c2ccc(NCC(C)CNC(=O)OC(C)(C)C)nc2)cc1. The molecule has 180 valence electrons. The molecule has 1 aromatic carbocycles. The van der Waals surface area contributed by atoms with E-state index in [-0.39, 0.29) is 5.92 Å². The first kappa shape index (κ1) is 25.8. The highest BCUT2D eigenvalue weighted by molar-refractivity contribution is 5.67. The predicted molar refractivity (Wildman–Crippen MR) is 131 cm³/mol. The molecule has 33 heavy (non-hydrogen) atoms. The largest absolute Gasteiger partial charge is 0.497 e. The van der Waals surface area contributed by atoms with Gasteiger partial charge < -0.3 is 30.8 Å². The lowest BCUT2D eigenvalue weighted by molar-refractivity contribution is 0.0521. The third kappa shape index (κ3) is 8.89. The van der Waals surface area contributed by atoms with Crippen molar-refractivity contribution in [2.75, 3.05) is 25.5 Å². The van der Waals surface area contributed by atoms with Crippen LogP contribution in [-0.4, -0.2) is 41.9 Å². The monoisotopic (exact) mass is 456 g/mol. The molecule has 1 atom stereocenters. The fourth-order valence-corrected chi connectivity index (χ4v) is 2.94. The number of methoxy groups -OCH3 is 1. The second-order valence-corrected chi connectivity index (χ2v) is 8.83. The molecule has 0 radical (unpaired) electrons. The summed E-state index contributed by atoms with van der Waals surface area (Å²) in [4.78, 5) is 16.2. The molecule has 0 aliphatic rings. The summed E-state index contributed by atoms with van der Waals surface area (Å²) in [6.45, 7) is 9.15. The molecule has 1 unspecified atom stereocenters. The lowest BCUT2D eigenvalue weighted by atomic mass is 10.1. The molecule has 0 aliphatic carbocycles. The molecule has 0 bridgehead atoms. The molecule has 6 N–H and O–H groups in total. The number of nitrogens with zero attached hydrogens (tertiary/aromatic N) is 2. The standard InChI is InChI=1S/C24H36N6O3/c1-17(14-29-23(31)33-24(2,3)4)13-27-22-11-8-19(15-28-22)21(12-25)30(26)16-18-6-9-20(32-5)10-7-18/h6-12,15,17H,13-14,16,25-26H2,1-5H3,(H,27,28)(H,29,31)/b21-12-. The van der Waals surface area contributed by atoms with Gasteiger partial charge in [-0.3, -0.25) is 0 Å². The van der Waals surface area contributed by atoms with Crippen LogP contribution in [0.2, 0.25) is 0 Å². The first-order valence-corrected chi connectivity index (χ1v) is 10.9.